The fraction of sp³-hybridized carbons (Fsp3) is 0.462. The molecule has 0 heterocycles. The highest BCUT2D eigenvalue weighted by Gasteiger charge is 2.48. The maximum absolute atomic E-state index is 13.8. The summed E-state index contributed by atoms with van der Waals surface area (Å²) in [4.78, 5) is 12.6. The van der Waals surface area contributed by atoms with E-state index in [1.807, 2.05) is 13.8 Å². The minimum atomic E-state index is -4.83. The van der Waals surface area contributed by atoms with Crippen molar-refractivity contribution in [1.82, 2.24) is 0 Å². The summed E-state index contributed by atoms with van der Waals surface area (Å²) in [6.45, 7) is 3.64. The number of nitrogens with one attached hydrogen (secondary N) is 1. The summed E-state index contributed by atoms with van der Waals surface area (Å²) in [6.07, 6.45) is -4.13. The minimum Gasteiger partial charge on any atom is -0.370 e. The van der Waals surface area contributed by atoms with Crippen molar-refractivity contribution in [3.05, 3.63) is 24.0 Å². The van der Waals surface area contributed by atoms with E-state index >= 15 is 0 Å². The van der Waals surface area contributed by atoms with E-state index in [9.17, 15) is 26.7 Å². The second-order valence-electron chi connectivity index (χ2n) is 4.75. The van der Waals surface area contributed by atoms with Crippen LogP contribution >= 0.6 is 0 Å². The van der Waals surface area contributed by atoms with Gasteiger partial charge in [-0.05, 0) is 32.0 Å². The van der Waals surface area contributed by atoms with Gasteiger partial charge in [0.1, 0.15) is 5.82 Å². The Bertz CT molecular complexity index is 519. The topological polar surface area (TPSA) is 32.3 Å². The van der Waals surface area contributed by atoms with Crippen LogP contribution in [0.3, 0.4) is 0 Å². The molecule has 0 atom stereocenters. The molecule has 21 heavy (non-hydrogen) atoms. The zero-order valence-corrected chi connectivity index (χ0v) is 11.6. The molecule has 0 saturated carbocycles. The van der Waals surface area contributed by atoms with E-state index in [2.05, 4.69) is 0 Å². The van der Waals surface area contributed by atoms with Crippen LogP contribution in [0, 0.1) is 5.82 Å². The number of alkyl halides is 4. The lowest BCUT2D eigenvalue weighted by molar-refractivity contribution is -0.163. The maximum atomic E-state index is 13.8. The van der Waals surface area contributed by atoms with Gasteiger partial charge in [-0.2, -0.15) is 8.78 Å². The van der Waals surface area contributed by atoms with Gasteiger partial charge < -0.3 is 10.2 Å². The van der Waals surface area contributed by atoms with E-state index < -0.39 is 24.1 Å². The fourth-order valence-electron chi connectivity index (χ4n) is 1.46. The van der Waals surface area contributed by atoms with Crippen LogP contribution in [0.5, 0.6) is 0 Å². The number of halogens is 5. The van der Waals surface area contributed by atoms with Crippen molar-refractivity contribution in [2.75, 3.05) is 17.3 Å². The summed E-state index contributed by atoms with van der Waals surface area (Å²) >= 11 is 0. The Morgan fingerprint density at radius 3 is 2.29 bits per heavy atom. The number of rotatable bonds is 5. The average molecular weight is 310 g/mol. The second kappa shape index (κ2) is 6.28. The summed E-state index contributed by atoms with van der Waals surface area (Å²) in [5.74, 6) is -7.77. The molecule has 1 N–H and O–H groups in total. The molecule has 1 amide bonds. The number of carbonyl (C=O) groups is 1. The van der Waals surface area contributed by atoms with Gasteiger partial charge in [-0.1, -0.05) is 0 Å². The molecule has 0 radical (unpaired) electrons. The van der Waals surface area contributed by atoms with Crippen molar-refractivity contribution in [3.63, 3.8) is 0 Å². The molecule has 0 saturated heterocycles. The lowest BCUT2D eigenvalue weighted by Gasteiger charge is -2.24. The van der Waals surface area contributed by atoms with Gasteiger partial charge in [0.25, 0.3) is 0 Å². The molecular weight excluding hydrogens is 295 g/mol. The van der Waals surface area contributed by atoms with Crippen molar-refractivity contribution in [1.29, 1.82) is 0 Å². The van der Waals surface area contributed by atoms with Gasteiger partial charge in [-0.3, -0.25) is 4.79 Å². The molecular formula is C13H15F5N2O. The molecule has 0 bridgehead atoms. The van der Waals surface area contributed by atoms with Crippen LogP contribution in [0.1, 0.15) is 13.8 Å². The molecule has 8 heteroatoms. The molecule has 0 aliphatic heterocycles. The van der Waals surface area contributed by atoms with Gasteiger partial charge in [-0.25, -0.2) is 13.2 Å². The van der Waals surface area contributed by atoms with Crippen LogP contribution in [0.4, 0.5) is 33.3 Å². The highest BCUT2D eigenvalue weighted by molar-refractivity contribution is 5.96. The number of benzene rings is 1. The number of anilines is 2. The number of nitrogens with zero attached hydrogens (tertiary/aromatic N) is 1. The van der Waals surface area contributed by atoms with Crippen molar-refractivity contribution < 1.29 is 26.7 Å². The Morgan fingerprint density at radius 1 is 1.29 bits per heavy atom. The van der Waals surface area contributed by atoms with Gasteiger partial charge in [0.15, 0.2) is 0 Å². The lowest BCUT2D eigenvalue weighted by atomic mass is 10.2. The van der Waals surface area contributed by atoms with Gasteiger partial charge in [0, 0.05) is 18.8 Å². The first-order chi connectivity index (χ1) is 9.57. The largest absolute Gasteiger partial charge is 0.383 e. The van der Waals surface area contributed by atoms with Crippen LogP contribution in [0.2, 0.25) is 0 Å². The smallest absolute Gasteiger partial charge is 0.370 e. The Morgan fingerprint density at radius 2 is 1.86 bits per heavy atom. The van der Waals surface area contributed by atoms with E-state index in [1.54, 1.807) is 17.3 Å². The molecule has 0 aliphatic carbocycles. The van der Waals surface area contributed by atoms with Crippen molar-refractivity contribution >= 4 is 17.3 Å². The zero-order valence-electron chi connectivity index (χ0n) is 11.6. The average Bonchev–Trinajstić information content (AvgIpc) is 2.37. The van der Waals surface area contributed by atoms with Crippen LogP contribution in [0.15, 0.2) is 18.2 Å². The van der Waals surface area contributed by atoms with Crippen LogP contribution in [0.25, 0.3) is 0 Å². The first-order valence-electron chi connectivity index (χ1n) is 6.07. The van der Waals surface area contributed by atoms with Crippen molar-refractivity contribution in [3.8, 4) is 0 Å². The van der Waals surface area contributed by atoms with Crippen LogP contribution in [-0.4, -0.2) is 31.3 Å². The third-order valence-electron chi connectivity index (χ3n) is 2.94. The zero-order chi connectivity index (χ0) is 16.4. The van der Waals surface area contributed by atoms with Crippen LogP contribution < -0.4 is 10.2 Å². The Balaban J connectivity index is 2.93. The molecule has 3 nitrogen and oxygen atoms in total. The summed E-state index contributed by atoms with van der Waals surface area (Å²) in [6, 6.07) is 3.22. The van der Waals surface area contributed by atoms with Gasteiger partial charge >= 0.3 is 18.3 Å². The van der Waals surface area contributed by atoms with Crippen molar-refractivity contribution in [2.24, 2.45) is 0 Å². The quantitative estimate of drug-likeness (QED) is 0.844. The van der Waals surface area contributed by atoms with Gasteiger partial charge in [0.2, 0.25) is 0 Å². The molecule has 1 rings (SSSR count). The number of hydrogen-bond acceptors (Lipinski definition) is 2. The maximum Gasteiger partial charge on any atom is 0.383 e. The highest BCUT2D eigenvalue weighted by Crippen LogP contribution is 2.27. The SMILES string of the molecule is CC(C)N(C)c1ccc(NC(=O)C(F)(F)C(F)F)cc1F. The third kappa shape index (κ3) is 3.83. The summed E-state index contributed by atoms with van der Waals surface area (Å²) < 4.78 is 63.4. The molecule has 1 aromatic carbocycles. The van der Waals surface area contributed by atoms with E-state index in [0.717, 1.165) is 12.1 Å². The molecule has 118 valence electrons. The predicted octanol–water partition coefficient (Wildman–Crippen LogP) is 3.51. The van der Waals surface area contributed by atoms with E-state index in [4.69, 9.17) is 0 Å². The molecule has 0 spiro atoms. The lowest BCUT2D eigenvalue weighted by Crippen LogP contribution is -2.41. The Labute approximate surface area is 118 Å². The van der Waals surface area contributed by atoms with E-state index in [0.29, 0.717) is 0 Å². The number of amides is 1. The number of carbonyl (C=O) groups excluding carboxylic acids is 1. The highest BCUT2D eigenvalue weighted by atomic mass is 19.3. The first kappa shape index (κ1) is 17.2. The van der Waals surface area contributed by atoms with Crippen LogP contribution in [-0.2, 0) is 4.79 Å². The van der Waals surface area contributed by atoms with Gasteiger partial charge in [0.05, 0.1) is 5.69 Å². The summed E-state index contributed by atoms with van der Waals surface area (Å²) in [5.41, 5.74) is -0.123. The fourth-order valence-corrected chi connectivity index (χ4v) is 1.46. The molecule has 1 aromatic rings. The molecule has 0 fully saturated rings. The predicted molar refractivity (Wildman–Crippen MR) is 69.5 cm³/mol. The van der Waals surface area contributed by atoms with E-state index in [1.165, 1.54) is 6.07 Å². The summed E-state index contributed by atoms with van der Waals surface area (Å²) in [5, 5.41) is 1.57. The Hall–Kier alpha value is -1.86. The first-order valence-corrected chi connectivity index (χ1v) is 6.07. The number of hydrogen-bond donors (Lipinski definition) is 1. The van der Waals surface area contributed by atoms with Gasteiger partial charge in [-0.15, -0.1) is 0 Å². The van der Waals surface area contributed by atoms with Crippen molar-refractivity contribution in [2.45, 2.75) is 32.2 Å². The standard InChI is InChI=1S/C13H15F5N2O/c1-7(2)20(3)10-5-4-8(6-9(10)14)19-12(21)13(17,18)11(15)16/h4-7,11H,1-3H3,(H,19,21). The molecule has 0 aliphatic rings. The molecule has 0 unspecified atom stereocenters. The Kier molecular flexibility index (Phi) is 5.14. The van der Waals surface area contributed by atoms with E-state index in [-0.39, 0.29) is 17.4 Å². The normalized spacial score (nSPS) is 11.9. The molecule has 0 aromatic heterocycles. The second-order valence-corrected chi connectivity index (χ2v) is 4.75. The third-order valence-corrected chi connectivity index (χ3v) is 2.94. The summed E-state index contributed by atoms with van der Waals surface area (Å²) in [7, 11) is 1.63. The minimum absolute atomic E-state index is 0.0110. The monoisotopic (exact) mass is 310 g/mol.